The fraction of sp³-hybridized carbons (Fsp3) is 0.344. The van der Waals surface area contributed by atoms with Gasteiger partial charge in [0.25, 0.3) is 5.91 Å². The van der Waals surface area contributed by atoms with Crippen molar-refractivity contribution in [1.82, 2.24) is 20.1 Å². The quantitative estimate of drug-likeness (QED) is 0.143. The summed E-state index contributed by atoms with van der Waals surface area (Å²) >= 11 is 2.65. The molecule has 5 rings (SSSR count). The van der Waals surface area contributed by atoms with Crippen LogP contribution in [0.3, 0.4) is 0 Å². The van der Waals surface area contributed by atoms with Crippen molar-refractivity contribution < 1.29 is 28.6 Å². The van der Waals surface area contributed by atoms with Gasteiger partial charge in [0.05, 0.1) is 38.2 Å². The molecule has 0 aliphatic heterocycles. The van der Waals surface area contributed by atoms with E-state index in [2.05, 4.69) is 20.8 Å². The molecule has 2 heterocycles. The Morgan fingerprint density at radius 1 is 1.00 bits per heavy atom. The molecule has 0 fully saturated rings. The minimum atomic E-state index is -0.407. The molecule has 1 aliphatic rings. The number of rotatable bonds is 13. The maximum Gasteiger partial charge on any atom is 0.341 e. The number of carbonyl (C=O) groups is 3. The van der Waals surface area contributed by atoms with Crippen LogP contribution in [0.15, 0.2) is 53.7 Å². The highest BCUT2D eigenvalue weighted by atomic mass is 32.2. The van der Waals surface area contributed by atoms with E-state index >= 15 is 0 Å². The predicted molar refractivity (Wildman–Crippen MR) is 173 cm³/mol. The number of hydrogen-bond donors (Lipinski definition) is 2. The van der Waals surface area contributed by atoms with Gasteiger partial charge in [0.1, 0.15) is 16.5 Å². The number of benzene rings is 2. The van der Waals surface area contributed by atoms with Crippen LogP contribution in [-0.2, 0) is 28.9 Å². The molecule has 2 amide bonds. The number of hydrogen-bond acceptors (Lipinski definition) is 10. The molecule has 45 heavy (non-hydrogen) atoms. The molecule has 11 nitrogen and oxygen atoms in total. The maximum absolute atomic E-state index is 13.2. The van der Waals surface area contributed by atoms with Gasteiger partial charge in [-0.2, -0.15) is 0 Å². The van der Waals surface area contributed by atoms with Gasteiger partial charge in [-0.15, -0.1) is 21.5 Å². The Hall–Kier alpha value is -4.36. The van der Waals surface area contributed by atoms with Crippen molar-refractivity contribution in [1.29, 1.82) is 0 Å². The van der Waals surface area contributed by atoms with Crippen LogP contribution < -0.4 is 20.1 Å². The summed E-state index contributed by atoms with van der Waals surface area (Å²) in [5, 5.41) is 15.5. The molecule has 2 aromatic carbocycles. The van der Waals surface area contributed by atoms with Crippen LogP contribution in [0.5, 0.6) is 11.5 Å². The van der Waals surface area contributed by atoms with Crippen LogP contribution in [0.25, 0.3) is 5.69 Å². The largest absolute Gasteiger partial charge is 0.497 e. The Labute approximate surface area is 269 Å². The number of aryl methyl sites for hydroxylation is 1. The van der Waals surface area contributed by atoms with Gasteiger partial charge in [0, 0.05) is 16.1 Å². The second-order valence-corrected chi connectivity index (χ2v) is 12.1. The van der Waals surface area contributed by atoms with E-state index in [1.807, 2.05) is 31.2 Å². The molecule has 2 aromatic heterocycles. The van der Waals surface area contributed by atoms with E-state index in [4.69, 9.17) is 14.2 Å². The normalized spacial score (nSPS) is 12.2. The van der Waals surface area contributed by atoms with Crippen LogP contribution in [-0.4, -0.2) is 58.6 Å². The zero-order valence-corrected chi connectivity index (χ0v) is 27.0. The first kappa shape index (κ1) is 32.0. The first-order valence-corrected chi connectivity index (χ1v) is 16.6. The third-order valence-corrected chi connectivity index (χ3v) is 9.22. The summed E-state index contributed by atoms with van der Waals surface area (Å²) in [6, 6.07) is 14.3. The number of thiophene rings is 1. The minimum absolute atomic E-state index is 0.0240. The molecule has 0 radical (unpaired) electrons. The molecule has 1 aliphatic carbocycles. The van der Waals surface area contributed by atoms with Crippen molar-refractivity contribution in [2.75, 3.05) is 31.4 Å². The molecule has 0 spiro atoms. The van der Waals surface area contributed by atoms with Crippen LogP contribution >= 0.6 is 23.1 Å². The smallest absolute Gasteiger partial charge is 0.341 e. The molecule has 0 atom stereocenters. The highest BCUT2D eigenvalue weighted by molar-refractivity contribution is 7.99. The Bertz CT molecular complexity index is 1670. The van der Waals surface area contributed by atoms with Gasteiger partial charge in [-0.3, -0.25) is 14.2 Å². The summed E-state index contributed by atoms with van der Waals surface area (Å²) in [4.78, 5) is 40.1. The third-order valence-electron chi connectivity index (χ3n) is 7.08. The number of carbonyl (C=O) groups excluding carboxylic acids is 3. The van der Waals surface area contributed by atoms with Crippen molar-refractivity contribution in [2.45, 2.75) is 51.2 Å². The topological polar surface area (TPSA) is 134 Å². The molecule has 13 heteroatoms. The number of thioether (sulfide) groups is 1. The van der Waals surface area contributed by atoms with Crippen LogP contribution in [0.4, 0.5) is 5.00 Å². The fourth-order valence-electron chi connectivity index (χ4n) is 5.02. The lowest BCUT2D eigenvalue weighted by atomic mass is 9.95. The van der Waals surface area contributed by atoms with Gasteiger partial charge in [-0.1, -0.05) is 17.8 Å². The summed E-state index contributed by atoms with van der Waals surface area (Å²) in [6.07, 6.45) is 3.75. The van der Waals surface area contributed by atoms with Crippen molar-refractivity contribution in [2.24, 2.45) is 0 Å². The lowest BCUT2D eigenvalue weighted by Crippen LogP contribution is -2.24. The van der Waals surface area contributed by atoms with E-state index in [1.54, 1.807) is 42.9 Å². The highest BCUT2D eigenvalue weighted by Gasteiger charge is 2.27. The van der Waals surface area contributed by atoms with Gasteiger partial charge >= 0.3 is 5.97 Å². The van der Waals surface area contributed by atoms with Gasteiger partial charge in [-0.25, -0.2) is 4.79 Å². The number of aromatic nitrogens is 3. The van der Waals surface area contributed by atoms with E-state index in [9.17, 15) is 14.4 Å². The zero-order valence-electron chi connectivity index (χ0n) is 25.4. The summed E-state index contributed by atoms with van der Waals surface area (Å²) in [5.41, 5.74) is 2.66. The Balaban J connectivity index is 1.34. The molecule has 0 bridgehead atoms. The monoisotopic (exact) mass is 649 g/mol. The summed E-state index contributed by atoms with van der Waals surface area (Å²) in [6.45, 7) is 4.57. The second-order valence-electron chi connectivity index (χ2n) is 10.0. The number of nitrogens with zero attached hydrogens (tertiary/aromatic N) is 3. The number of nitrogens with one attached hydrogen (secondary N) is 2. The highest BCUT2D eigenvalue weighted by Crippen LogP contribution is 2.39. The first-order valence-electron chi connectivity index (χ1n) is 14.8. The van der Waals surface area contributed by atoms with E-state index < -0.39 is 5.97 Å². The van der Waals surface area contributed by atoms with Gasteiger partial charge in [0.2, 0.25) is 5.91 Å². The minimum Gasteiger partial charge on any atom is -0.497 e. The Kier molecular flexibility index (Phi) is 10.7. The number of ether oxygens (including phenoxy) is 3. The Morgan fingerprint density at radius 2 is 1.80 bits per heavy atom. The lowest BCUT2D eigenvalue weighted by Gasteiger charge is -2.13. The first-order chi connectivity index (χ1) is 21.9. The van der Waals surface area contributed by atoms with Crippen LogP contribution in [0, 0.1) is 0 Å². The molecule has 236 valence electrons. The van der Waals surface area contributed by atoms with Crippen molar-refractivity contribution >= 4 is 45.9 Å². The zero-order chi connectivity index (χ0) is 31.8. The SMILES string of the molecule is CCOC(=O)c1c(NC(=O)CSc2nnc(CNC(=O)c3cccc(OC)c3)n2-c2ccc(OCC)cc2)sc2c1CCCC2. The van der Waals surface area contributed by atoms with Crippen molar-refractivity contribution in [3.05, 3.63) is 75.9 Å². The Morgan fingerprint density at radius 3 is 2.56 bits per heavy atom. The molecule has 0 unspecified atom stereocenters. The number of fused-ring (bicyclic) bond motifs is 1. The van der Waals surface area contributed by atoms with E-state index in [1.165, 1.54) is 23.1 Å². The summed E-state index contributed by atoms with van der Waals surface area (Å²) < 4.78 is 17.9. The van der Waals surface area contributed by atoms with Gasteiger partial charge in [0.15, 0.2) is 11.0 Å². The van der Waals surface area contributed by atoms with E-state index in [0.717, 1.165) is 41.8 Å². The third kappa shape index (κ3) is 7.66. The molecule has 0 saturated heterocycles. The molecule has 4 aromatic rings. The number of methoxy groups -OCH3 is 1. The number of esters is 1. The standard InChI is InChI=1S/C32H35N5O6S2/c1-4-42-22-15-13-21(14-16-22)37-26(18-33-29(39)20-9-8-10-23(17-20)41-3)35-36-32(37)44-19-27(38)34-30-28(31(40)43-5-2)24-11-6-7-12-25(24)45-30/h8-10,13-17H,4-7,11-12,18-19H2,1-3H3,(H,33,39)(H,34,38). The number of amides is 2. The van der Waals surface area contributed by atoms with E-state index in [-0.39, 0.29) is 30.7 Å². The average Bonchev–Trinajstić information content (AvgIpc) is 3.64. The second kappa shape index (κ2) is 15.1. The summed E-state index contributed by atoms with van der Waals surface area (Å²) in [7, 11) is 1.54. The predicted octanol–water partition coefficient (Wildman–Crippen LogP) is 5.45. The average molecular weight is 650 g/mol. The maximum atomic E-state index is 13.2. The van der Waals surface area contributed by atoms with E-state index in [0.29, 0.717) is 45.2 Å². The molecular formula is C32H35N5O6S2. The number of anilines is 1. The van der Waals surface area contributed by atoms with Crippen molar-refractivity contribution in [3.8, 4) is 17.2 Å². The van der Waals surface area contributed by atoms with Crippen LogP contribution in [0.2, 0.25) is 0 Å². The molecule has 2 N–H and O–H groups in total. The summed E-state index contributed by atoms with van der Waals surface area (Å²) in [5.74, 6) is 0.819. The molecule has 0 saturated carbocycles. The van der Waals surface area contributed by atoms with Crippen molar-refractivity contribution in [3.63, 3.8) is 0 Å². The fourth-order valence-corrected chi connectivity index (χ4v) is 7.08. The molecular weight excluding hydrogens is 615 g/mol. The van der Waals surface area contributed by atoms with Gasteiger partial charge < -0.3 is 24.8 Å². The lowest BCUT2D eigenvalue weighted by molar-refractivity contribution is -0.113. The van der Waals surface area contributed by atoms with Crippen LogP contribution in [0.1, 0.15) is 63.7 Å². The van der Waals surface area contributed by atoms with Gasteiger partial charge in [-0.05, 0) is 87.6 Å².